The number of hydrogen-bond donors (Lipinski definition) is 1. The highest BCUT2D eigenvalue weighted by atomic mass is 16.5. The summed E-state index contributed by atoms with van der Waals surface area (Å²) in [6.07, 6.45) is 4.14. The number of ether oxygens (including phenoxy) is 2. The Morgan fingerprint density at radius 3 is 2.02 bits per heavy atom. The number of hydrogen-bond acceptors (Lipinski definition) is 4. The number of fused-ring (bicyclic) bond motifs is 6. The van der Waals surface area contributed by atoms with Gasteiger partial charge in [0.15, 0.2) is 5.78 Å². The zero-order chi connectivity index (χ0) is 31.1. The molecule has 1 atom stereocenters. The Labute approximate surface area is 263 Å². The van der Waals surface area contributed by atoms with E-state index >= 15 is 0 Å². The van der Waals surface area contributed by atoms with E-state index in [-0.39, 0.29) is 23.4 Å². The molecule has 0 spiro atoms. The van der Waals surface area contributed by atoms with E-state index in [9.17, 15) is 9.90 Å². The lowest BCUT2D eigenvalue weighted by Crippen LogP contribution is -2.14. The number of ketones is 1. The lowest BCUT2D eigenvalue weighted by Gasteiger charge is -2.32. The number of carbonyl (C=O) groups is 1. The van der Waals surface area contributed by atoms with Gasteiger partial charge in [-0.25, -0.2) is 0 Å². The molecule has 1 heterocycles. The molecule has 1 unspecified atom stereocenters. The van der Waals surface area contributed by atoms with E-state index in [4.69, 9.17) is 9.47 Å². The van der Waals surface area contributed by atoms with Gasteiger partial charge in [-0.2, -0.15) is 0 Å². The molecule has 0 radical (unpaired) electrons. The lowest BCUT2D eigenvalue weighted by atomic mass is 9.77. The number of methoxy groups -OCH3 is 1. The third-order valence-electron chi connectivity index (χ3n) is 9.12. The van der Waals surface area contributed by atoms with Crippen molar-refractivity contribution < 1.29 is 19.4 Å². The Morgan fingerprint density at radius 1 is 0.844 bits per heavy atom. The van der Waals surface area contributed by atoms with Crippen LogP contribution in [0, 0.1) is 0 Å². The zero-order valence-electron chi connectivity index (χ0n) is 25.6. The van der Waals surface area contributed by atoms with Gasteiger partial charge in [-0.3, -0.25) is 4.79 Å². The van der Waals surface area contributed by atoms with Gasteiger partial charge >= 0.3 is 0 Å². The molecule has 4 nitrogen and oxygen atoms in total. The molecule has 0 bridgehead atoms. The van der Waals surface area contributed by atoms with Crippen LogP contribution in [-0.4, -0.2) is 18.0 Å². The first-order chi connectivity index (χ1) is 22.0. The smallest absolute Gasteiger partial charge is 0.185 e. The fraction of sp³-hybridized carbons (Fsp3) is 0.146. The molecule has 0 fully saturated rings. The van der Waals surface area contributed by atoms with Crippen molar-refractivity contribution in [2.24, 2.45) is 0 Å². The van der Waals surface area contributed by atoms with Crippen molar-refractivity contribution in [3.05, 3.63) is 149 Å². The van der Waals surface area contributed by atoms with Crippen LogP contribution in [0.4, 0.5) is 0 Å². The van der Waals surface area contributed by atoms with Crippen molar-refractivity contribution in [3.63, 3.8) is 0 Å². The van der Waals surface area contributed by atoms with Gasteiger partial charge in [0.05, 0.1) is 7.11 Å². The number of rotatable bonds is 7. The minimum atomic E-state index is -0.172. The standard InChI is InChI=1S/C41H34O4/c1-4-25(2)34-24-30(23-29(41(34)43)15-20-35(42)28-13-18-31(44-3)19-14-28)38-39-32-11-7-5-9-26(32)16-21-36(39)45-37-22-17-27-10-6-8-12-33(27)40(37)38/h5-25,38,43H,4H2,1-3H3/b20-15+. The number of phenols is 1. The Hall–Kier alpha value is -5.35. The predicted molar refractivity (Wildman–Crippen MR) is 182 cm³/mol. The summed E-state index contributed by atoms with van der Waals surface area (Å²) in [6, 6.07) is 36.4. The first kappa shape index (κ1) is 28.4. The van der Waals surface area contributed by atoms with Crippen LogP contribution < -0.4 is 9.47 Å². The van der Waals surface area contributed by atoms with Crippen LogP contribution >= 0.6 is 0 Å². The zero-order valence-corrected chi connectivity index (χ0v) is 25.6. The molecule has 6 aromatic rings. The largest absolute Gasteiger partial charge is 0.507 e. The second-order valence-electron chi connectivity index (χ2n) is 11.7. The molecule has 0 aromatic heterocycles. The summed E-state index contributed by atoms with van der Waals surface area (Å²) >= 11 is 0. The van der Waals surface area contributed by atoms with Crippen LogP contribution in [0.25, 0.3) is 27.6 Å². The molecule has 6 aromatic carbocycles. The molecule has 1 aliphatic heterocycles. The van der Waals surface area contributed by atoms with Crippen molar-refractivity contribution in [2.75, 3.05) is 7.11 Å². The van der Waals surface area contributed by atoms with Gasteiger partial charge < -0.3 is 14.6 Å². The monoisotopic (exact) mass is 590 g/mol. The van der Waals surface area contributed by atoms with Gasteiger partial charge in [-0.05, 0) is 99.6 Å². The number of phenolic OH excluding ortho intramolecular Hbond substituents is 1. The normalized spacial score (nSPS) is 13.4. The quantitative estimate of drug-likeness (QED) is 0.148. The minimum Gasteiger partial charge on any atom is -0.507 e. The van der Waals surface area contributed by atoms with Crippen LogP contribution in [0.1, 0.15) is 70.3 Å². The van der Waals surface area contributed by atoms with E-state index in [0.717, 1.165) is 61.7 Å². The number of allylic oxidation sites excluding steroid dienone is 1. The molecular formula is C41H34O4. The predicted octanol–water partition coefficient (Wildman–Crippen LogP) is 10.4. The summed E-state index contributed by atoms with van der Waals surface area (Å²) in [5, 5.41) is 16.1. The highest BCUT2D eigenvalue weighted by Crippen LogP contribution is 2.53. The second-order valence-corrected chi connectivity index (χ2v) is 11.7. The second kappa shape index (κ2) is 11.6. The first-order valence-corrected chi connectivity index (χ1v) is 15.4. The molecule has 1 N–H and O–H groups in total. The first-order valence-electron chi connectivity index (χ1n) is 15.4. The summed E-state index contributed by atoms with van der Waals surface area (Å²) in [5.74, 6) is 2.33. The maximum Gasteiger partial charge on any atom is 0.185 e. The molecule has 222 valence electrons. The summed E-state index contributed by atoms with van der Waals surface area (Å²) in [4.78, 5) is 13.2. The van der Waals surface area contributed by atoms with Gasteiger partial charge in [0.25, 0.3) is 0 Å². The number of carbonyl (C=O) groups excluding carboxylic acids is 1. The van der Waals surface area contributed by atoms with Crippen molar-refractivity contribution in [1.82, 2.24) is 0 Å². The van der Waals surface area contributed by atoms with Crippen LogP contribution in [0.3, 0.4) is 0 Å². The highest BCUT2D eigenvalue weighted by Gasteiger charge is 2.33. The van der Waals surface area contributed by atoms with E-state index in [2.05, 4.69) is 92.7 Å². The maximum absolute atomic E-state index is 13.2. The Kier molecular flexibility index (Phi) is 7.34. The van der Waals surface area contributed by atoms with Crippen LogP contribution in [0.5, 0.6) is 23.0 Å². The molecule has 4 heteroatoms. The Bertz CT molecular complexity index is 2020. The van der Waals surface area contributed by atoms with Crippen molar-refractivity contribution in [3.8, 4) is 23.0 Å². The Balaban J connectivity index is 1.46. The number of aromatic hydroxyl groups is 1. The van der Waals surface area contributed by atoms with Crippen LogP contribution in [-0.2, 0) is 0 Å². The molecular weight excluding hydrogens is 556 g/mol. The highest BCUT2D eigenvalue weighted by molar-refractivity contribution is 6.07. The lowest BCUT2D eigenvalue weighted by molar-refractivity contribution is 0.104. The topological polar surface area (TPSA) is 55.8 Å². The minimum absolute atomic E-state index is 0.105. The van der Waals surface area contributed by atoms with E-state index in [1.807, 2.05) is 6.07 Å². The molecule has 0 aliphatic carbocycles. The van der Waals surface area contributed by atoms with Crippen LogP contribution in [0.15, 0.2) is 115 Å². The molecule has 0 saturated carbocycles. The van der Waals surface area contributed by atoms with E-state index < -0.39 is 0 Å². The van der Waals surface area contributed by atoms with Crippen molar-refractivity contribution in [1.29, 1.82) is 0 Å². The maximum atomic E-state index is 13.2. The summed E-state index contributed by atoms with van der Waals surface area (Å²) < 4.78 is 11.9. The fourth-order valence-electron chi connectivity index (χ4n) is 6.53. The van der Waals surface area contributed by atoms with Gasteiger partial charge in [-0.15, -0.1) is 0 Å². The molecule has 7 rings (SSSR count). The van der Waals surface area contributed by atoms with E-state index in [1.54, 1.807) is 37.5 Å². The average Bonchev–Trinajstić information content (AvgIpc) is 3.09. The summed E-state index contributed by atoms with van der Waals surface area (Å²) in [6.45, 7) is 4.26. The van der Waals surface area contributed by atoms with Gasteiger partial charge in [0.1, 0.15) is 23.0 Å². The Morgan fingerprint density at radius 2 is 1.44 bits per heavy atom. The molecule has 0 saturated heterocycles. The summed E-state index contributed by atoms with van der Waals surface area (Å²) in [7, 11) is 1.60. The van der Waals surface area contributed by atoms with Gasteiger partial charge in [-0.1, -0.05) is 80.6 Å². The third kappa shape index (κ3) is 5.02. The van der Waals surface area contributed by atoms with E-state index in [0.29, 0.717) is 16.9 Å². The third-order valence-corrected chi connectivity index (χ3v) is 9.12. The average molecular weight is 591 g/mol. The van der Waals surface area contributed by atoms with Gasteiger partial charge in [0.2, 0.25) is 0 Å². The van der Waals surface area contributed by atoms with Crippen molar-refractivity contribution in [2.45, 2.75) is 32.1 Å². The molecule has 45 heavy (non-hydrogen) atoms. The SMILES string of the molecule is CCC(C)c1cc(C2c3c(ccc4ccccc34)Oc3ccc4ccccc4c32)cc(/C=C/C(=O)c2ccc(OC)cc2)c1O. The van der Waals surface area contributed by atoms with Crippen LogP contribution in [0.2, 0.25) is 0 Å². The van der Waals surface area contributed by atoms with E-state index in [1.165, 1.54) is 6.08 Å². The van der Waals surface area contributed by atoms with Gasteiger partial charge in [0, 0.05) is 28.2 Å². The van der Waals surface area contributed by atoms with Crippen molar-refractivity contribution >= 4 is 33.4 Å². The number of benzene rings is 6. The fourth-order valence-corrected chi connectivity index (χ4v) is 6.53. The molecule has 1 aliphatic rings. The summed E-state index contributed by atoms with van der Waals surface area (Å²) in [5.41, 5.74) is 5.26. The molecule has 0 amide bonds.